The number of benzene rings is 1. The lowest BCUT2D eigenvalue weighted by Crippen LogP contribution is -2.47. The van der Waals surface area contributed by atoms with Crippen molar-refractivity contribution in [3.63, 3.8) is 0 Å². The number of carbonyl (C=O) groups excluding carboxylic acids is 2. The summed E-state index contributed by atoms with van der Waals surface area (Å²) in [6, 6.07) is 3.89. The number of aryl methyl sites for hydroxylation is 1. The first kappa shape index (κ1) is 22.1. The first-order valence-corrected chi connectivity index (χ1v) is 11.1. The summed E-state index contributed by atoms with van der Waals surface area (Å²) in [4.78, 5) is 29.4. The molecule has 1 aromatic carbocycles. The van der Waals surface area contributed by atoms with E-state index in [1.54, 1.807) is 0 Å². The summed E-state index contributed by atoms with van der Waals surface area (Å²) in [5.74, 6) is 0.296. The van der Waals surface area contributed by atoms with Gasteiger partial charge in [-0.15, -0.1) is 0 Å². The highest BCUT2D eigenvalue weighted by atomic mass is 35.5. The van der Waals surface area contributed by atoms with Gasteiger partial charge in [0.2, 0.25) is 11.8 Å². The highest BCUT2D eigenvalue weighted by molar-refractivity contribution is 6.32. The molecule has 0 saturated carbocycles. The zero-order valence-electron chi connectivity index (χ0n) is 17.5. The van der Waals surface area contributed by atoms with Gasteiger partial charge in [-0.3, -0.25) is 14.5 Å². The molecular formula is C22H32ClN3O3. The summed E-state index contributed by atoms with van der Waals surface area (Å²) in [6.45, 7) is 8.66. The van der Waals surface area contributed by atoms with E-state index in [2.05, 4.69) is 17.1 Å². The van der Waals surface area contributed by atoms with Crippen LogP contribution in [-0.4, -0.2) is 67.6 Å². The average molecular weight is 422 g/mol. The van der Waals surface area contributed by atoms with Crippen LogP contribution in [0.1, 0.15) is 37.8 Å². The molecule has 0 aliphatic carbocycles. The Balaban J connectivity index is 1.53. The third-order valence-corrected chi connectivity index (χ3v) is 6.32. The maximum atomic E-state index is 12.7. The average Bonchev–Trinajstić information content (AvgIpc) is 2.75. The lowest BCUT2D eigenvalue weighted by molar-refractivity contribution is -0.141. The number of halogens is 1. The highest BCUT2D eigenvalue weighted by Gasteiger charge is 2.30. The van der Waals surface area contributed by atoms with E-state index in [0.717, 1.165) is 55.6 Å². The molecule has 2 saturated heterocycles. The van der Waals surface area contributed by atoms with Gasteiger partial charge in [-0.25, -0.2) is 0 Å². The monoisotopic (exact) mass is 421 g/mol. The minimum atomic E-state index is -0.0189. The normalized spacial score (nSPS) is 18.7. The molecule has 6 nitrogen and oxygen atoms in total. The van der Waals surface area contributed by atoms with Crippen molar-refractivity contribution in [2.75, 3.05) is 51.3 Å². The SMILES string of the molecule is CCc1ccc(Cl)c(CC)c1NC(=O)CN1CCC(C(=O)N2CCOCC2)CC1. The Morgan fingerprint density at radius 1 is 1.10 bits per heavy atom. The molecule has 2 fully saturated rings. The van der Waals surface area contributed by atoms with Crippen molar-refractivity contribution in [1.82, 2.24) is 9.80 Å². The predicted octanol–water partition coefficient (Wildman–Crippen LogP) is 2.97. The molecule has 29 heavy (non-hydrogen) atoms. The molecule has 1 aromatic rings. The van der Waals surface area contributed by atoms with E-state index in [4.69, 9.17) is 16.3 Å². The molecule has 0 unspecified atom stereocenters. The van der Waals surface area contributed by atoms with E-state index >= 15 is 0 Å². The summed E-state index contributed by atoms with van der Waals surface area (Å²) in [7, 11) is 0. The first-order chi connectivity index (χ1) is 14.0. The standard InChI is InChI=1S/C22H32ClN3O3/c1-3-16-5-6-19(23)18(4-2)21(16)24-20(27)15-25-9-7-17(8-10-25)22(28)26-11-13-29-14-12-26/h5-6,17H,3-4,7-15H2,1-2H3,(H,24,27). The Hall–Kier alpha value is -1.63. The van der Waals surface area contributed by atoms with E-state index in [-0.39, 0.29) is 17.7 Å². The van der Waals surface area contributed by atoms with E-state index in [9.17, 15) is 9.59 Å². The van der Waals surface area contributed by atoms with Crippen molar-refractivity contribution in [3.8, 4) is 0 Å². The van der Waals surface area contributed by atoms with Gasteiger partial charge in [0, 0.05) is 29.7 Å². The minimum absolute atomic E-state index is 0.0189. The van der Waals surface area contributed by atoms with Gasteiger partial charge >= 0.3 is 0 Å². The van der Waals surface area contributed by atoms with Crippen molar-refractivity contribution in [2.24, 2.45) is 5.92 Å². The number of amides is 2. The molecule has 7 heteroatoms. The van der Waals surface area contributed by atoms with Gasteiger partial charge in [0.1, 0.15) is 0 Å². The third kappa shape index (κ3) is 5.50. The fourth-order valence-electron chi connectivity index (χ4n) is 4.23. The molecule has 160 valence electrons. The summed E-state index contributed by atoms with van der Waals surface area (Å²) in [6.07, 6.45) is 3.23. The summed E-state index contributed by atoms with van der Waals surface area (Å²) in [5.41, 5.74) is 2.97. The molecule has 0 atom stereocenters. The van der Waals surface area contributed by atoms with E-state index in [0.29, 0.717) is 37.9 Å². The third-order valence-electron chi connectivity index (χ3n) is 5.97. The van der Waals surface area contributed by atoms with Crippen LogP contribution >= 0.6 is 11.6 Å². The number of hydrogen-bond donors (Lipinski definition) is 1. The van der Waals surface area contributed by atoms with Gasteiger partial charge in [-0.05, 0) is 56.0 Å². The van der Waals surface area contributed by atoms with Gasteiger partial charge in [0.25, 0.3) is 0 Å². The van der Waals surface area contributed by atoms with Crippen LogP contribution < -0.4 is 5.32 Å². The van der Waals surface area contributed by atoms with E-state index in [1.165, 1.54) is 0 Å². The van der Waals surface area contributed by atoms with Crippen LogP contribution in [-0.2, 0) is 27.2 Å². The number of anilines is 1. The van der Waals surface area contributed by atoms with Crippen molar-refractivity contribution >= 4 is 29.1 Å². The molecule has 1 N–H and O–H groups in total. The van der Waals surface area contributed by atoms with Crippen molar-refractivity contribution in [1.29, 1.82) is 0 Å². The number of piperidine rings is 1. The lowest BCUT2D eigenvalue weighted by atomic mass is 9.95. The summed E-state index contributed by atoms with van der Waals surface area (Å²) < 4.78 is 5.33. The zero-order chi connectivity index (χ0) is 20.8. The molecular weight excluding hydrogens is 390 g/mol. The Morgan fingerprint density at radius 3 is 2.41 bits per heavy atom. The number of nitrogens with zero attached hydrogens (tertiary/aromatic N) is 2. The molecule has 2 aliphatic heterocycles. The molecule has 0 spiro atoms. The molecule has 2 aliphatic rings. The summed E-state index contributed by atoms with van der Waals surface area (Å²) in [5, 5.41) is 3.80. The second-order valence-corrected chi connectivity index (χ2v) is 8.21. The smallest absolute Gasteiger partial charge is 0.238 e. The van der Waals surface area contributed by atoms with Crippen LogP contribution in [0.5, 0.6) is 0 Å². The summed E-state index contributed by atoms with van der Waals surface area (Å²) >= 11 is 6.34. The van der Waals surface area contributed by atoms with Crippen LogP contribution in [0.2, 0.25) is 5.02 Å². The second-order valence-electron chi connectivity index (χ2n) is 7.80. The Bertz CT molecular complexity index is 726. The largest absolute Gasteiger partial charge is 0.378 e. The van der Waals surface area contributed by atoms with E-state index in [1.807, 2.05) is 24.0 Å². The maximum Gasteiger partial charge on any atom is 0.238 e. The number of likely N-dealkylation sites (tertiary alicyclic amines) is 1. The Labute approximate surface area is 178 Å². The van der Waals surface area contributed by atoms with Gasteiger partial charge in [0.05, 0.1) is 19.8 Å². The fraction of sp³-hybridized carbons (Fsp3) is 0.636. The van der Waals surface area contributed by atoms with Crippen LogP contribution in [0.4, 0.5) is 5.69 Å². The van der Waals surface area contributed by atoms with Crippen molar-refractivity contribution in [2.45, 2.75) is 39.5 Å². The van der Waals surface area contributed by atoms with E-state index < -0.39 is 0 Å². The zero-order valence-corrected chi connectivity index (χ0v) is 18.3. The van der Waals surface area contributed by atoms with Gasteiger partial charge in [0.15, 0.2) is 0 Å². The Kier molecular flexibility index (Phi) is 7.92. The molecule has 0 bridgehead atoms. The van der Waals surface area contributed by atoms with Crippen LogP contribution in [0.3, 0.4) is 0 Å². The highest BCUT2D eigenvalue weighted by Crippen LogP contribution is 2.29. The number of morpholine rings is 1. The fourth-order valence-corrected chi connectivity index (χ4v) is 4.52. The maximum absolute atomic E-state index is 12.7. The second kappa shape index (κ2) is 10.4. The molecule has 0 radical (unpaired) electrons. The van der Waals surface area contributed by atoms with Crippen LogP contribution in [0.15, 0.2) is 12.1 Å². The van der Waals surface area contributed by atoms with Gasteiger partial charge < -0.3 is 15.0 Å². The quantitative estimate of drug-likeness (QED) is 0.767. The van der Waals surface area contributed by atoms with Crippen molar-refractivity contribution < 1.29 is 14.3 Å². The molecule has 2 heterocycles. The van der Waals surface area contributed by atoms with Crippen molar-refractivity contribution in [3.05, 3.63) is 28.3 Å². The van der Waals surface area contributed by atoms with Gasteiger partial charge in [-0.2, -0.15) is 0 Å². The molecule has 0 aromatic heterocycles. The number of nitrogens with one attached hydrogen (secondary N) is 1. The number of rotatable bonds is 6. The van der Waals surface area contributed by atoms with Gasteiger partial charge in [-0.1, -0.05) is 31.5 Å². The van der Waals surface area contributed by atoms with Crippen LogP contribution in [0.25, 0.3) is 0 Å². The number of ether oxygens (including phenoxy) is 1. The predicted molar refractivity (Wildman–Crippen MR) is 115 cm³/mol. The minimum Gasteiger partial charge on any atom is -0.378 e. The lowest BCUT2D eigenvalue weighted by Gasteiger charge is -2.35. The molecule has 3 rings (SSSR count). The first-order valence-electron chi connectivity index (χ1n) is 10.7. The van der Waals surface area contributed by atoms with Crippen LogP contribution in [0, 0.1) is 5.92 Å². The Morgan fingerprint density at radius 2 is 1.79 bits per heavy atom. The number of hydrogen-bond acceptors (Lipinski definition) is 4. The molecule has 2 amide bonds. The topological polar surface area (TPSA) is 61.9 Å². The number of carbonyl (C=O) groups is 2.